The average molecular weight is 1130 g/mol. The first-order valence-electron chi connectivity index (χ1n) is 34.4. The predicted molar refractivity (Wildman–Crippen MR) is 353 cm³/mol. The van der Waals surface area contributed by atoms with Crippen molar-refractivity contribution in [2.45, 2.75) is 335 Å². The first kappa shape index (κ1) is 77.1. The van der Waals surface area contributed by atoms with E-state index in [4.69, 9.17) is 14.2 Å². The molecule has 0 aromatic carbocycles. The molecule has 6 nitrogen and oxygen atoms in total. The van der Waals surface area contributed by atoms with Crippen molar-refractivity contribution in [3.63, 3.8) is 0 Å². The summed E-state index contributed by atoms with van der Waals surface area (Å²) in [5.41, 5.74) is 0. The van der Waals surface area contributed by atoms with Crippen LogP contribution in [0.5, 0.6) is 0 Å². The van der Waals surface area contributed by atoms with Gasteiger partial charge in [-0.15, -0.1) is 0 Å². The standard InChI is InChI=1S/C75H128O6/c1-4-7-10-13-16-19-22-25-27-29-30-31-32-33-34-35-36-37-38-39-40-41-42-43-44-46-47-50-53-56-59-62-65-68-74(77)80-71-72(70-79-73(76)67-64-61-58-55-52-49-24-21-18-15-12-9-6-3)81-75(78)69-66-63-60-57-54-51-48-45-28-26-23-20-17-14-11-8-5-2/h8-9,11-12,17-18,20-21,26,28-30,48-49,51-52,57,60,72H,4-7,10,13-16,19,22-25,27,31-47,50,53-56,58-59,61-71H2,1-3H3/b11-8-,12-9-,20-17-,21-18-,28-26-,30-29-,51-48-,52-49-,60-57-. The minimum absolute atomic E-state index is 0.109. The highest BCUT2D eigenvalue weighted by atomic mass is 16.6. The first-order valence-corrected chi connectivity index (χ1v) is 34.4. The van der Waals surface area contributed by atoms with Crippen LogP contribution in [-0.2, 0) is 28.6 Å². The fraction of sp³-hybridized carbons (Fsp3) is 0.720. The lowest BCUT2D eigenvalue weighted by Gasteiger charge is -2.18. The fourth-order valence-corrected chi connectivity index (χ4v) is 9.67. The molecule has 0 rings (SSSR count). The highest BCUT2D eigenvalue weighted by molar-refractivity contribution is 5.71. The SMILES string of the molecule is CC/C=C\C/C=C\C/C=C\C/C=C\C/C=C\CCCC(=O)OC(COC(=O)CCCCC/C=C\C/C=C\C/C=C\CC)COC(=O)CCCCCCCCCCCCCCCCCCCCCCC/C=C\CCCCCCCCCC. The normalized spacial score (nSPS) is 12.8. The Hall–Kier alpha value is -3.93. The van der Waals surface area contributed by atoms with Gasteiger partial charge in [0, 0.05) is 19.3 Å². The Morgan fingerprint density at radius 2 is 0.494 bits per heavy atom. The molecule has 0 saturated heterocycles. The molecule has 0 amide bonds. The van der Waals surface area contributed by atoms with Gasteiger partial charge in [0.1, 0.15) is 13.2 Å². The van der Waals surface area contributed by atoms with Crippen LogP contribution >= 0.6 is 0 Å². The summed E-state index contributed by atoms with van der Waals surface area (Å²) in [6.07, 6.45) is 94.4. The molecular weight excluding hydrogens is 997 g/mol. The van der Waals surface area contributed by atoms with Gasteiger partial charge >= 0.3 is 17.9 Å². The Morgan fingerprint density at radius 1 is 0.259 bits per heavy atom. The number of esters is 3. The van der Waals surface area contributed by atoms with Gasteiger partial charge in [0.05, 0.1) is 0 Å². The number of ether oxygens (including phenoxy) is 3. The quantitative estimate of drug-likeness (QED) is 0.0261. The molecule has 0 N–H and O–H groups in total. The van der Waals surface area contributed by atoms with Gasteiger partial charge in [-0.3, -0.25) is 14.4 Å². The zero-order valence-electron chi connectivity index (χ0n) is 53.3. The highest BCUT2D eigenvalue weighted by Gasteiger charge is 2.19. The third kappa shape index (κ3) is 66.8. The van der Waals surface area contributed by atoms with Gasteiger partial charge in [0.2, 0.25) is 0 Å². The van der Waals surface area contributed by atoms with Crippen LogP contribution in [0.25, 0.3) is 0 Å². The Bertz CT molecular complexity index is 1620. The van der Waals surface area contributed by atoms with Gasteiger partial charge in [-0.1, -0.05) is 304 Å². The lowest BCUT2D eigenvalue weighted by Crippen LogP contribution is -2.30. The van der Waals surface area contributed by atoms with Crippen molar-refractivity contribution >= 4 is 17.9 Å². The zero-order chi connectivity index (χ0) is 58.5. The van der Waals surface area contributed by atoms with Gasteiger partial charge in [-0.2, -0.15) is 0 Å². The fourth-order valence-electron chi connectivity index (χ4n) is 9.67. The molecule has 0 aliphatic heterocycles. The number of allylic oxidation sites excluding steroid dienone is 18. The van der Waals surface area contributed by atoms with Crippen molar-refractivity contribution in [3.05, 3.63) is 109 Å². The molecule has 0 heterocycles. The van der Waals surface area contributed by atoms with Crippen LogP contribution in [0, 0.1) is 0 Å². The van der Waals surface area contributed by atoms with Crippen molar-refractivity contribution in [1.82, 2.24) is 0 Å². The molecule has 0 radical (unpaired) electrons. The van der Waals surface area contributed by atoms with E-state index in [0.717, 1.165) is 103 Å². The second-order valence-electron chi connectivity index (χ2n) is 22.7. The van der Waals surface area contributed by atoms with E-state index in [2.05, 4.69) is 130 Å². The van der Waals surface area contributed by atoms with E-state index in [1.807, 2.05) is 0 Å². The van der Waals surface area contributed by atoms with Gasteiger partial charge in [-0.25, -0.2) is 0 Å². The van der Waals surface area contributed by atoms with E-state index >= 15 is 0 Å². The second-order valence-corrected chi connectivity index (χ2v) is 22.7. The third-order valence-corrected chi connectivity index (χ3v) is 14.7. The van der Waals surface area contributed by atoms with E-state index in [0.29, 0.717) is 19.3 Å². The number of rotatable bonds is 62. The Labute approximate surface area is 501 Å². The Kier molecular flexibility index (Phi) is 65.2. The summed E-state index contributed by atoms with van der Waals surface area (Å²) < 4.78 is 16.8. The molecule has 0 fully saturated rings. The summed E-state index contributed by atoms with van der Waals surface area (Å²) in [6.45, 7) is 6.36. The third-order valence-electron chi connectivity index (χ3n) is 14.7. The van der Waals surface area contributed by atoms with Crippen LogP contribution in [0.15, 0.2) is 109 Å². The van der Waals surface area contributed by atoms with E-state index < -0.39 is 6.10 Å². The lowest BCUT2D eigenvalue weighted by molar-refractivity contribution is -0.167. The molecular formula is C75H128O6. The monoisotopic (exact) mass is 1120 g/mol. The van der Waals surface area contributed by atoms with E-state index in [-0.39, 0.29) is 37.5 Å². The van der Waals surface area contributed by atoms with Crippen LogP contribution in [0.3, 0.4) is 0 Å². The minimum atomic E-state index is -0.822. The van der Waals surface area contributed by atoms with Crippen molar-refractivity contribution in [2.24, 2.45) is 0 Å². The largest absolute Gasteiger partial charge is 0.462 e. The molecule has 1 unspecified atom stereocenters. The molecule has 464 valence electrons. The van der Waals surface area contributed by atoms with Gasteiger partial charge < -0.3 is 14.2 Å². The van der Waals surface area contributed by atoms with Gasteiger partial charge in [0.25, 0.3) is 0 Å². The second kappa shape index (κ2) is 68.6. The molecule has 0 aromatic heterocycles. The van der Waals surface area contributed by atoms with Gasteiger partial charge in [-0.05, 0) is 116 Å². The summed E-state index contributed by atoms with van der Waals surface area (Å²) in [6, 6.07) is 0. The maximum absolute atomic E-state index is 12.9. The molecule has 0 aromatic rings. The summed E-state index contributed by atoms with van der Waals surface area (Å²) in [5.74, 6) is -0.991. The number of carbonyl (C=O) groups is 3. The number of carbonyl (C=O) groups excluding carboxylic acids is 3. The summed E-state index contributed by atoms with van der Waals surface area (Å²) in [5, 5.41) is 0. The lowest BCUT2D eigenvalue weighted by atomic mass is 10.0. The Balaban J connectivity index is 4.20. The molecule has 81 heavy (non-hydrogen) atoms. The van der Waals surface area contributed by atoms with Crippen LogP contribution in [-0.4, -0.2) is 37.2 Å². The van der Waals surface area contributed by atoms with E-state index in [1.165, 1.54) is 180 Å². The maximum atomic E-state index is 12.9. The van der Waals surface area contributed by atoms with Gasteiger partial charge in [0.15, 0.2) is 6.10 Å². The number of hydrogen-bond acceptors (Lipinski definition) is 6. The average Bonchev–Trinajstić information content (AvgIpc) is 3.46. The van der Waals surface area contributed by atoms with Crippen molar-refractivity contribution in [2.75, 3.05) is 13.2 Å². The molecule has 0 spiro atoms. The molecule has 0 aliphatic rings. The molecule has 0 saturated carbocycles. The smallest absolute Gasteiger partial charge is 0.306 e. The van der Waals surface area contributed by atoms with Crippen molar-refractivity contribution in [1.29, 1.82) is 0 Å². The number of unbranched alkanes of at least 4 members (excludes halogenated alkanes) is 33. The molecule has 0 bridgehead atoms. The van der Waals surface area contributed by atoms with E-state index in [1.54, 1.807) is 0 Å². The summed E-state index contributed by atoms with van der Waals surface area (Å²) in [4.78, 5) is 38.3. The summed E-state index contributed by atoms with van der Waals surface area (Å²) >= 11 is 0. The maximum Gasteiger partial charge on any atom is 0.306 e. The first-order chi connectivity index (χ1) is 40.0. The molecule has 6 heteroatoms. The van der Waals surface area contributed by atoms with Crippen molar-refractivity contribution < 1.29 is 28.6 Å². The van der Waals surface area contributed by atoms with E-state index in [9.17, 15) is 14.4 Å². The van der Waals surface area contributed by atoms with Crippen LogP contribution in [0.1, 0.15) is 329 Å². The molecule has 0 aliphatic carbocycles. The van der Waals surface area contributed by atoms with Crippen LogP contribution in [0.2, 0.25) is 0 Å². The topological polar surface area (TPSA) is 78.9 Å². The van der Waals surface area contributed by atoms with Crippen molar-refractivity contribution in [3.8, 4) is 0 Å². The van der Waals surface area contributed by atoms with Crippen LogP contribution in [0.4, 0.5) is 0 Å². The number of hydrogen-bond donors (Lipinski definition) is 0. The zero-order valence-corrected chi connectivity index (χ0v) is 53.3. The predicted octanol–water partition coefficient (Wildman–Crippen LogP) is 23.8. The highest BCUT2D eigenvalue weighted by Crippen LogP contribution is 2.17. The Morgan fingerprint density at radius 3 is 0.815 bits per heavy atom. The molecule has 1 atom stereocenters. The minimum Gasteiger partial charge on any atom is -0.462 e. The summed E-state index contributed by atoms with van der Waals surface area (Å²) in [7, 11) is 0. The van der Waals surface area contributed by atoms with Crippen LogP contribution < -0.4 is 0 Å².